The third kappa shape index (κ3) is 6.16. The molecule has 1 aliphatic carbocycles. The predicted molar refractivity (Wildman–Crippen MR) is 117 cm³/mol. The van der Waals surface area contributed by atoms with E-state index in [9.17, 15) is 19.5 Å². The molecule has 6 heteroatoms. The number of hydrogen-bond donors (Lipinski definition) is 1. The van der Waals surface area contributed by atoms with Gasteiger partial charge in [-0.05, 0) is 36.3 Å². The van der Waals surface area contributed by atoms with Crippen molar-refractivity contribution in [3.05, 3.63) is 35.4 Å². The van der Waals surface area contributed by atoms with Crippen molar-refractivity contribution in [2.45, 2.75) is 65.9 Å². The second kappa shape index (κ2) is 10.4. The van der Waals surface area contributed by atoms with Crippen LogP contribution in [0.4, 0.5) is 0 Å². The van der Waals surface area contributed by atoms with E-state index in [0.29, 0.717) is 5.56 Å². The van der Waals surface area contributed by atoms with E-state index < -0.39 is 41.1 Å². The number of aryl methyl sites for hydroxylation is 1. The molecule has 6 nitrogen and oxygen atoms in total. The molecule has 31 heavy (non-hydrogen) atoms. The molecule has 0 bridgehead atoms. The summed E-state index contributed by atoms with van der Waals surface area (Å²) in [7, 11) is 0. The maximum absolute atomic E-state index is 13.1. The van der Waals surface area contributed by atoms with Crippen LogP contribution in [0.25, 0.3) is 0 Å². The molecule has 1 aliphatic rings. The van der Waals surface area contributed by atoms with Gasteiger partial charge in [-0.25, -0.2) is 0 Å². The number of carbonyl (C=O) groups is 3. The Morgan fingerprint density at radius 1 is 1.03 bits per heavy atom. The lowest BCUT2D eigenvalue weighted by Crippen LogP contribution is -2.55. The molecule has 1 saturated carbocycles. The van der Waals surface area contributed by atoms with Gasteiger partial charge in [0.05, 0.1) is 24.7 Å². The third-order valence-electron chi connectivity index (χ3n) is 5.67. The molecule has 0 amide bonds. The second-order valence-corrected chi connectivity index (χ2v) is 9.62. The maximum atomic E-state index is 13.1. The molecule has 1 fully saturated rings. The van der Waals surface area contributed by atoms with Crippen molar-refractivity contribution >= 4 is 17.7 Å². The molecule has 1 aromatic rings. The molecule has 4 atom stereocenters. The summed E-state index contributed by atoms with van der Waals surface area (Å²) in [4.78, 5) is 39.1. The van der Waals surface area contributed by atoms with E-state index in [0.717, 1.165) is 12.0 Å². The van der Waals surface area contributed by atoms with Crippen LogP contribution >= 0.6 is 0 Å². The Hall–Kier alpha value is -2.21. The average molecular weight is 433 g/mol. The van der Waals surface area contributed by atoms with E-state index in [1.54, 1.807) is 0 Å². The van der Waals surface area contributed by atoms with Gasteiger partial charge in [-0.3, -0.25) is 14.4 Å². The first-order chi connectivity index (χ1) is 14.5. The first kappa shape index (κ1) is 25.1. The molecular weight excluding hydrogens is 396 g/mol. The summed E-state index contributed by atoms with van der Waals surface area (Å²) in [6.07, 6.45) is 0.529. The number of Topliss-reactive ketones (excluding diaryl/α,β-unsaturated/α-hetero) is 1. The van der Waals surface area contributed by atoms with E-state index in [1.807, 2.05) is 58.9 Å². The van der Waals surface area contributed by atoms with Crippen molar-refractivity contribution < 1.29 is 29.0 Å². The summed E-state index contributed by atoms with van der Waals surface area (Å²) in [5.41, 5.74) is 0.104. The Morgan fingerprint density at radius 2 is 1.55 bits per heavy atom. The number of ether oxygens (including phenoxy) is 2. The van der Waals surface area contributed by atoms with E-state index in [2.05, 4.69) is 0 Å². The third-order valence-corrected chi connectivity index (χ3v) is 5.67. The van der Waals surface area contributed by atoms with Crippen molar-refractivity contribution in [2.24, 2.45) is 23.7 Å². The topological polar surface area (TPSA) is 89.9 Å². The molecule has 0 aliphatic heterocycles. The fraction of sp³-hybridized carbons (Fsp3) is 0.640. The minimum absolute atomic E-state index is 0.111. The van der Waals surface area contributed by atoms with Crippen LogP contribution in [-0.4, -0.2) is 41.6 Å². The summed E-state index contributed by atoms with van der Waals surface area (Å²) in [6, 6.07) is 7.47. The fourth-order valence-corrected chi connectivity index (χ4v) is 4.07. The molecule has 0 unspecified atom stereocenters. The second-order valence-electron chi connectivity index (χ2n) is 9.62. The molecule has 1 N–H and O–H groups in total. The van der Waals surface area contributed by atoms with Gasteiger partial charge in [0.2, 0.25) is 0 Å². The van der Waals surface area contributed by atoms with E-state index in [-0.39, 0.29) is 31.5 Å². The molecule has 0 radical (unpaired) electrons. The summed E-state index contributed by atoms with van der Waals surface area (Å²) in [5.74, 6) is -4.53. The summed E-state index contributed by atoms with van der Waals surface area (Å²) in [5, 5.41) is 11.1. The normalized spacial score (nSPS) is 26.2. The number of esters is 2. The highest BCUT2D eigenvalue weighted by molar-refractivity contribution is 6.02. The van der Waals surface area contributed by atoms with Crippen LogP contribution in [0.1, 0.15) is 65.0 Å². The van der Waals surface area contributed by atoms with Crippen LogP contribution in [0.5, 0.6) is 0 Å². The van der Waals surface area contributed by atoms with Gasteiger partial charge in [0.15, 0.2) is 5.78 Å². The van der Waals surface area contributed by atoms with Crippen LogP contribution in [0.3, 0.4) is 0 Å². The average Bonchev–Trinajstić information content (AvgIpc) is 2.69. The lowest BCUT2D eigenvalue weighted by Gasteiger charge is -2.43. The Labute approximate surface area is 185 Å². The van der Waals surface area contributed by atoms with Crippen LogP contribution < -0.4 is 0 Å². The summed E-state index contributed by atoms with van der Waals surface area (Å²) >= 11 is 0. The quantitative estimate of drug-likeness (QED) is 0.498. The summed E-state index contributed by atoms with van der Waals surface area (Å²) in [6.45, 7) is 11.5. The lowest BCUT2D eigenvalue weighted by molar-refractivity contribution is -0.173. The minimum atomic E-state index is -1.63. The van der Waals surface area contributed by atoms with Crippen LogP contribution in [0.15, 0.2) is 24.3 Å². The van der Waals surface area contributed by atoms with Gasteiger partial charge in [0.1, 0.15) is 5.92 Å². The monoisotopic (exact) mass is 432 g/mol. The van der Waals surface area contributed by atoms with E-state index in [1.165, 1.54) is 6.92 Å². The van der Waals surface area contributed by atoms with Crippen LogP contribution in [0, 0.1) is 23.7 Å². The van der Waals surface area contributed by atoms with Crippen molar-refractivity contribution in [3.63, 3.8) is 0 Å². The number of hydrogen-bond acceptors (Lipinski definition) is 6. The highest BCUT2D eigenvalue weighted by atomic mass is 16.5. The Bertz CT molecular complexity index is 778. The van der Waals surface area contributed by atoms with Gasteiger partial charge in [-0.1, -0.05) is 58.9 Å². The van der Waals surface area contributed by atoms with Gasteiger partial charge in [-0.2, -0.15) is 0 Å². The minimum Gasteiger partial charge on any atom is -0.465 e. The van der Waals surface area contributed by atoms with Gasteiger partial charge < -0.3 is 14.6 Å². The highest BCUT2D eigenvalue weighted by Gasteiger charge is 2.57. The maximum Gasteiger partial charge on any atom is 0.317 e. The molecule has 172 valence electrons. The first-order valence-electron chi connectivity index (χ1n) is 11.1. The van der Waals surface area contributed by atoms with Gasteiger partial charge in [0, 0.05) is 12.3 Å². The zero-order chi connectivity index (χ0) is 23.3. The zero-order valence-corrected chi connectivity index (χ0v) is 19.5. The number of rotatable bonds is 8. The number of ketones is 1. The van der Waals surface area contributed by atoms with Crippen LogP contribution in [0.2, 0.25) is 0 Å². The Balaban J connectivity index is 2.52. The van der Waals surface area contributed by atoms with E-state index in [4.69, 9.17) is 9.47 Å². The first-order valence-corrected chi connectivity index (χ1v) is 11.1. The summed E-state index contributed by atoms with van der Waals surface area (Å²) < 4.78 is 10.9. The molecule has 1 aromatic carbocycles. The molecular formula is C25H36O6. The van der Waals surface area contributed by atoms with Crippen molar-refractivity contribution in [1.82, 2.24) is 0 Å². The van der Waals surface area contributed by atoms with Crippen molar-refractivity contribution in [2.75, 3.05) is 13.2 Å². The standard InChI is InChI=1S/C25H36O6/c1-7-17-8-10-18(11-9-17)20-21(23(27)30-13-15(2)3)19(26)12-25(6,29)22(20)24(28)31-14-16(4)5/h8-11,15-16,20-22,29H,7,12-14H2,1-6H3/t20-,21-,22-,25-/m1/s1. The molecule has 0 spiro atoms. The van der Waals surface area contributed by atoms with Crippen molar-refractivity contribution in [3.8, 4) is 0 Å². The largest absolute Gasteiger partial charge is 0.465 e. The van der Waals surface area contributed by atoms with Crippen LogP contribution in [-0.2, 0) is 30.3 Å². The van der Waals surface area contributed by atoms with E-state index >= 15 is 0 Å². The smallest absolute Gasteiger partial charge is 0.317 e. The fourth-order valence-electron chi connectivity index (χ4n) is 4.07. The Kier molecular flexibility index (Phi) is 8.41. The lowest BCUT2D eigenvalue weighted by atomic mass is 9.61. The molecule has 2 rings (SSSR count). The molecule has 0 saturated heterocycles. The molecule has 0 aromatic heterocycles. The molecule has 0 heterocycles. The number of benzene rings is 1. The number of carbonyl (C=O) groups excluding carboxylic acids is 3. The van der Waals surface area contributed by atoms with Crippen molar-refractivity contribution in [1.29, 1.82) is 0 Å². The van der Waals surface area contributed by atoms with Gasteiger partial charge >= 0.3 is 11.9 Å². The number of aliphatic hydroxyl groups is 1. The predicted octanol–water partition coefficient (Wildman–Crippen LogP) is 3.69. The highest BCUT2D eigenvalue weighted by Crippen LogP contribution is 2.46. The Morgan fingerprint density at radius 3 is 2.03 bits per heavy atom. The zero-order valence-electron chi connectivity index (χ0n) is 19.5. The van der Waals surface area contributed by atoms with Gasteiger partial charge in [-0.15, -0.1) is 0 Å². The van der Waals surface area contributed by atoms with Gasteiger partial charge in [0.25, 0.3) is 0 Å². The SMILES string of the molecule is CCc1ccc([C@@H]2[C@H](C(=O)OCC(C)C)C(=O)C[C@@](C)(O)[C@H]2C(=O)OCC(C)C)cc1.